The highest BCUT2D eigenvalue weighted by molar-refractivity contribution is 5.77. The number of amides is 1. The molecular weight excluding hydrogens is 815 g/mol. The van der Waals surface area contributed by atoms with Crippen LogP contribution in [0.25, 0.3) is 0 Å². The molecule has 0 bridgehead atoms. The van der Waals surface area contributed by atoms with E-state index in [1.165, 1.54) is 135 Å². The summed E-state index contributed by atoms with van der Waals surface area (Å²) in [6.07, 6.45) is 67.2. The lowest BCUT2D eigenvalue weighted by molar-refractivity contribution is -0.151. The van der Waals surface area contributed by atoms with Crippen LogP contribution in [0.3, 0.4) is 0 Å². The number of hydrogen-bond donors (Lipinski definition) is 3. The molecule has 0 saturated carbocycles. The first-order valence-corrected chi connectivity index (χ1v) is 28.5. The minimum atomic E-state index is -0.801. The van der Waals surface area contributed by atoms with Crippen molar-refractivity contribution in [3.63, 3.8) is 0 Å². The van der Waals surface area contributed by atoms with Crippen molar-refractivity contribution in [1.82, 2.24) is 5.32 Å². The first-order valence-electron chi connectivity index (χ1n) is 28.5. The first-order chi connectivity index (χ1) is 32.5. The number of esters is 1. The van der Waals surface area contributed by atoms with Gasteiger partial charge in [-0.15, -0.1) is 0 Å². The third-order valence-electron chi connectivity index (χ3n) is 12.9. The summed E-state index contributed by atoms with van der Waals surface area (Å²) in [6, 6.07) is -0.717. The van der Waals surface area contributed by atoms with Crippen LogP contribution in [0.4, 0.5) is 0 Å². The highest BCUT2D eigenvalue weighted by Crippen LogP contribution is 2.18. The van der Waals surface area contributed by atoms with Crippen LogP contribution >= 0.6 is 0 Å². The van der Waals surface area contributed by atoms with E-state index in [0.29, 0.717) is 19.3 Å². The van der Waals surface area contributed by atoms with Crippen molar-refractivity contribution in [2.45, 2.75) is 302 Å². The average molecular weight is 925 g/mol. The fraction of sp³-hybridized carbons (Fsp3) is 0.800. The minimum absolute atomic E-state index is 0.0514. The average Bonchev–Trinajstić information content (AvgIpc) is 3.31. The Morgan fingerprint density at radius 1 is 0.470 bits per heavy atom. The van der Waals surface area contributed by atoms with E-state index in [1.54, 1.807) is 0 Å². The molecule has 0 aliphatic carbocycles. The number of ether oxygens (including phenoxy) is 1. The second-order valence-corrected chi connectivity index (χ2v) is 19.3. The number of aliphatic hydroxyl groups is 2. The van der Waals surface area contributed by atoms with E-state index in [4.69, 9.17) is 4.74 Å². The molecule has 0 heterocycles. The summed E-state index contributed by atoms with van der Waals surface area (Å²) in [5, 5.41) is 23.9. The molecule has 0 aromatic rings. The second kappa shape index (κ2) is 53.5. The normalized spacial score (nSPS) is 13.6. The molecule has 0 radical (unpaired) electrons. The molecular formula is C60H109NO5. The van der Waals surface area contributed by atoms with E-state index in [2.05, 4.69) is 86.8 Å². The summed E-state index contributed by atoms with van der Waals surface area (Å²) in [5.74, 6) is -0.521. The van der Waals surface area contributed by atoms with Crippen molar-refractivity contribution >= 4 is 11.9 Å². The number of aliphatic hydroxyl groups excluding tert-OH is 2. The van der Waals surface area contributed by atoms with Gasteiger partial charge < -0.3 is 20.3 Å². The molecule has 3 atom stereocenters. The van der Waals surface area contributed by atoms with E-state index < -0.39 is 18.2 Å². The van der Waals surface area contributed by atoms with Gasteiger partial charge in [0.25, 0.3) is 0 Å². The zero-order chi connectivity index (χ0) is 48.1. The molecule has 0 saturated heterocycles. The number of allylic oxidation sites excluding steroid dienone is 10. The first kappa shape index (κ1) is 63.6. The molecule has 0 spiro atoms. The second-order valence-electron chi connectivity index (χ2n) is 19.3. The smallest absolute Gasteiger partial charge is 0.306 e. The predicted molar refractivity (Wildman–Crippen MR) is 287 cm³/mol. The van der Waals surface area contributed by atoms with Gasteiger partial charge in [0.2, 0.25) is 5.91 Å². The molecule has 1 amide bonds. The van der Waals surface area contributed by atoms with E-state index in [1.807, 2.05) is 0 Å². The summed E-state index contributed by atoms with van der Waals surface area (Å²) < 4.78 is 5.93. The summed E-state index contributed by atoms with van der Waals surface area (Å²) >= 11 is 0. The van der Waals surface area contributed by atoms with Gasteiger partial charge in [-0.05, 0) is 83.5 Å². The van der Waals surface area contributed by atoms with Gasteiger partial charge in [-0.1, -0.05) is 248 Å². The number of hydrogen-bond acceptors (Lipinski definition) is 5. The number of carbonyl (C=O) groups is 2. The van der Waals surface area contributed by atoms with Crippen LogP contribution in [0.1, 0.15) is 284 Å². The molecule has 0 aliphatic heterocycles. The van der Waals surface area contributed by atoms with Crippen molar-refractivity contribution in [2.24, 2.45) is 0 Å². The molecule has 0 aliphatic rings. The number of carbonyl (C=O) groups excluding carboxylic acids is 2. The van der Waals surface area contributed by atoms with E-state index >= 15 is 0 Å². The highest BCUT2D eigenvalue weighted by atomic mass is 16.5. The topological polar surface area (TPSA) is 95.9 Å². The number of nitrogens with one attached hydrogen (secondary N) is 1. The van der Waals surface area contributed by atoms with Crippen LogP contribution in [0.5, 0.6) is 0 Å². The lowest BCUT2D eigenvalue weighted by Crippen LogP contribution is -2.46. The summed E-state index contributed by atoms with van der Waals surface area (Å²) in [4.78, 5) is 26.2. The van der Waals surface area contributed by atoms with Gasteiger partial charge in [0.15, 0.2) is 0 Å². The van der Waals surface area contributed by atoms with E-state index in [-0.39, 0.29) is 24.9 Å². The van der Waals surface area contributed by atoms with Crippen LogP contribution < -0.4 is 5.32 Å². The van der Waals surface area contributed by atoms with Crippen LogP contribution in [0.15, 0.2) is 60.8 Å². The lowest BCUT2D eigenvalue weighted by atomic mass is 10.0. The number of unbranched alkanes of at least 4 members (excludes halogenated alkanes) is 30. The Labute approximate surface area is 409 Å². The molecule has 3 N–H and O–H groups in total. The van der Waals surface area contributed by atoms with Gasteiger partial charge >= 0.3 is 5.97 Å². The predicted octanol–water partition coefficient (Wildman–Crippen LogP) is 17.6. The Bertz CT molecular complexity index is 1170. The Morgan fingerprint density at radius 2 is 0.864 bits per heavy atom. The Kier molecular flexibility index (Phi) is 51.5. The van der Waals surface area contributed by atoms with Crippen molar-refractivity contribution in [1.29, 1.82) is 0 Å². The molecule has 384 valence electrons. The number of rotatable bonds is 51. The third kappa shape index (κ3) is 48.0. The molecule has 0 aromatic carbocycles. The van der Waals surface area contributed by atoms with Crippen LogP contribution in [-0.2, 0) is 14.3 Å². The SMILES string of the molecule is CC/C=C/C/C=C/C/C=C/CCCCCCC(CC(=O)NC(CO)C(O)CCCCCCCCCCCCCCCCCCC)OC(=O)CCCCC/C=C/C=C/CCCCCCCCC. The van der Waals surface area contributed by atoms with Gasteiger partial charge in [0, 0.05) is 6.42 Å². The zero-order valence-corrected chi connectivity index (χ0v) is 43.8. The molecule has 66 heavy (non-hydrogen) atoms. The van der Waals surface area contributed by atoms with Crippen molar-refractivity contribution in [3.8, 4) is 0 Å². The highest BCUT2D eigenvalue weighted by Gasteiger charge is 2.24. The standard InChI is InChI=1S/C60H109NO5/c1-4-7-10-13-16-19-22-25-28-30-31-34-37-40-43-46-49-52-58(63)57(55-62)61-59(64)54-56(51-48-45-42-39-36-33-27-24-21-18-15-12-9-6-3)66-60(65)53-50-47-44-41-38-35-32-29-26-23-20-17-14-11-8-5-2/h9,12,18,21,27,29,32-33,35,38,56-58,62-63H,4-8,10-11,13-17,19-20,22-26,28,30-31,34,36-37,39-55H2,1-3H3,(H,61,64)/b12-9+,21-18+,32-29+,33-27+,38-35+. The third-order valence-corrected chi connectivity index (χ3v) is 12.9. The van der Waals surface area contributed by atoms with Gasteiger partial charge in [-0.3, -0.25) is 9.59 Å². The van der Waals surface area contributed by atoms with Gasteiger partial charge in [-0.2, -0.15) is 0 Å². The van der Waals surface area contributed by atoms with Gasteiger partial charge in [0.05, 0.1) is 25.2 Å². The Hall–Kier alpha value is -2.44. The van der Waals surface area contributed by atoms with Gasteiger partial charge in [0.1, 0.15) is 6.10 Å². The van der Waals surface area contributed by atoms with Crippen molar-refractivity contribution in [2.75, 3.05) is 6.61 Å². The van der Waals surface area contributed by atoms with Gasteiger partial charge in [-0.25, -0.2) is 0 Å². The maximum atomic E-state index is 13.3. The van der Waals surface area contributed by atoms with Crippen molar-refractivity contribution < 1.29 is 24.5 Å². The summed E-state index contributed by atoms with van der Waals surface area (Å²) in [7, 11) is 0. The minimum Gasteiger partial charge on any atom is -0.462 e. The molecule has 0 fully saturated rings. The summed E-state index contributed by atoms with van der Waals surface area (Å²) in [5.41, 5.74) is 0. The molecule has 0 aromatic heterocycles. The van der Waals surface area contributed by atoms with E-state index in [0.717, 1.165) is 103 Å². The molecule has 6 nitrogen and oxygen atoms in total. The molecule has 0 rings (SSSR count). The Balaban J connectivity index is 4.59. The maximum Gasteiger partial charge on any atom is 0.306 e. The molecule has 6 heteroatoms. The van der Waals surface area contributed by atoms with Crippen LogP contribution in [0, 0.1) is 0 Å². The summed E-state index contributed by atoms with van der Waals surface area (Å²) in [6.45, 7) is 6.38. The molecule has 3 unspecified atom stereocenters. The Morgan fingerprint density at radius 3 is 1.33 bits per heavy atom. The zero-order valence-electron chi connectivity index (χ0n) is 43.8. The van der Waals surface area contributed by atoms with Crippen LogP contribution in [0.2, 0.25) is 0 Å². The monoisotopic (exact) mass is 924 g/mol. The fourth-order valence-electron chi connectivity index (χ4n) is 8.55. The maximum absolute atomic E-state index is 13.3. The fourth-order valence-corrected chi connectivity index (χ4v) is 8.55. The van der Waals surface area contributed by atoms with Crippen LogP contribution in [-0.4, -0.2) is 46.9 Å². The van der Waals surface area contributed by atoms with Crippen molar-refractivity contribution in [3.05, 3.63) is 60.8 Å². The lowest BCUT2D eigenvalue weighted by Gasteiger charge is -2.24. The quantitative estimate of drug-likeness (QED) is 0.0244. The van der Waals surface area contributed by atoms with E-state index in [9.17, 15) is 19.8 Å². The largest absolute Gasteiger partial charge is 0.462 e.